The third-order valence-electron chi connectivity index (χ3n) is 2.50. The first-order valence-electron chi connectivity index (χ1n) is 5.27. The normalized spacial score (nSPS) is 11.0. The molecule has 5 nitrogen and oxygen atoms in total. The molecule has 0 unspecified atom stereocenters. The predicted molar refractivity (Wildman–Crippen MR) is 77.3 cm³/mol. The third kappa shape index (κ3) is 2.20. The quantitative estimate of drug-likeness (QED) is 0.844. The molecule has 0 fully saturated rings. The summed E-state index contributed by atoms with van der Waals surface area (Å²) in [5, 5.41) is 0.486. The van der Waals surface area contributed by atoms with Crippen molar-refractivity contribution in [2.75, 3.05) is 12.5 Å². The highest BCUT2D eigenvalue weighted by atomic mass is 32.2. The molecule has 0 aromatic carbocycles. The summed E-state index contributed by atoms with van der Waals surface area (Å²) in [5.41, 5.74) is -0.107. The topological polar surface area (TPSA) is 56.9 Å². The van der Waals surface area contributed by atoms with Gasteiger partial charge in [0.05, 0.1) is 17.1 Å². The summed E-state index contributed by atoms with van der Waals surface area (Å²) in [7, 11) is 0. The number of fused-ring (bicyclic) bond motifs is 1. The molecule has 96 valence electrons. The monoisotopic (exact) mass is 283 g/mol. The summed E-state index contributed by atoms with van der Waals surface area (Å²) in [6.07, 6.45) is 5.36. The minimum atomic E-state index is -0.296. The molecule has 0 radical (unpaired) electrons. The van der Waals surface area contributed by atoms with Crippen molar-refractivity contribution in [2.45, 2.75) is 11.8 Å². The van der Waals surface area contributed by atoms with E-state index in [1.807, 2.05) is 12.5 Å². The molecular weight excluding hydrogens is 270 g/mol. The van der Waals surface area contributed by atoms with Gasteiger partial charge in [-0.15, -0.1) is 23.5 Å². The standard InChI is InChI=1S/C11H13N3O2S2/c1-17-6-13-9-8(4-3-5-12-9)10(15)14(7-18-2)11(13)16/h3-5H,6-7H2,1-2H3. The summed E-state index contributed by atoms with van der Waals surface area (Å²) in [5.74, 6) is 0.845. The molecule has 0 atom stereocenters. The van der Waals surface area contributed by atoms with E-state index in [4.69, 9.17) is 0 Å². The van der Waals surface area contributed by atoms with Gasteiger partial charge in [0.15, 0.2) is 0 Å². The maximum atomic E-state index is 12.2. The Morgan fingerprint density at radius 3 is 2.50 bits per heavy atom. The predicted octanol–water partition coefficient (Wildman–Crippen LogP) is 1.20. The molecule has 2 aromatic rings. The zero-order valence-corrected chi connectivity index (χ0v) is 11.8. The van der Waals surface area contributed by atoms with Crippen LogP contribution in [0.1, 0.15) is 0 Å². The van der Waals surface area contributed by atoms with Crippen LogP contribution in [0.3, 0.4) is 0 Å². The Balaban J connectivity index is 2.87. The number of pyridine rings is 1. The fourth-order valence-electron chi connectivity index (χ4n) is 1.74. The molecule has 0 saturated heterocycles. The summed E-state index contributed by atoms with van der Waals surface area (Å²) in [4.78, 5) is 28.6. The Hall–Kier alpha value is -1.21. The van der Waals surface area contributed by atoms with Gasteiger partial charge in [0, 0.05) is 6.20 Å². The van der Waals surface area contributed by atoms with E-state index in [-0.39, 0.29) is 11.2 Å². The van der Waals surface area contributed by atoms with E-state index >= 15 is 0 Å². The maximum Gasteiger partial charge on any atom is 0.334 e. The van der Waals surface area contributed by atoms with Crippen molar-refractivity contribution >= 4 is 34.6 Å². The van der Waals surface area contributed by atoms with Crippen LogP contribution < -0.4 is 11.2 Å². The minimum Gasteiger partial charge on any atom is -0.268 e. The van der Waals surface area contributed by atoms with Crippen molar-refractivity contribution < 1.29 is 0 Å². The Bertz CT molecular complexity index is 678. The fourth-order valence-corrected chi connectivity index (χ4v) is 2.71. The number of hydrogen-bond donors (Lipinski definition) is 0. The van der Waals surface area contributed by atoms with Gasteiger partial charge in [-0.05, 0) is 24.6 Å². The van der Waals surface area contributed by atoms with E-state index in [0.29, 0.717) is 22.8 Å². The van der Waals surface area contributed by atoms with E-state index in [2.05, 4.69) is 4.98 Å². The van der Waals surface area contributed by atoms with Gasteiger partial charge in [-0.2, -0.15) is 0 Å². The smallest absolute Gasteiger partial charge is 0.268 e. The van der Waals surface area contributed by atoms with Crippen molar-refractivity contribution in [3.05, 3.63) is 39.2 Å². The minimum absolute atomic E-state index is 0.269. The van der Waals surface area contributed by atoms with E-state index in [9.17, 15) is 9.59 Å². The van der Waals surface area contributed by atoms with Gasteiger partial charge in [0.25, 0.3) is 5.56 Å². The van der Waals surface area contributed by atoms with Crippen molar-refractivity contribution in [2.24, 2.45) is 0 Å². The molecule has 0 amide bonds. The van der Waals surface area contributed by atoms with Gasteiger partial charge in [0.2, 0.25) is 0 Å². The Kier molecular flexibility index (Phi) is 4.13. The van der Waals surface area contributed by atoms with Crippen LogP contribution in [0.5, 0.6) is 0 Å². The van der Waals surface area contributed by atoms with Crippen LogP contribution >= 0.6 is 23.5 Å². The van der Waals surface area contributed by atoms with Crippen LogP contribution in [0.4, 0.5) is 0 Å². The van der Waals surface area contributed by atoms with Crippen LogP contribution in [0.15, 0.2) is 27.9 Å². The molecule has 2 aromatic heterocycles. The van der Waals surface area contributed by atoms with E-state index in [1.165, 1.54) is 32.7 Å². The molecule has 0 aliphatic carbocycles. The summed E-state index contributed by atoms with van der Waals surface area (Å²) in [6.45, 7) is 0. The molecular formula is C11H13N3O2S2. The Morgan fingerprint density at radius 2 is 1.83 bits per heavy atom. The fraction of sp³-hybridized carbons (Fsp3) is 0.364. The van der Waals surface area contributed by atoms with Crippen LogP contribution in [0.2, 0.25) is 0 Å². The summed E-state index contributed by atoms with van der Waals surface area (Å²) in [6, 6.07) is 3.42. The van der Waals surface area contributed by atoms with Crippen LogP contribution in [-0.4, -0.2) is 26.6 Å². The van der Waals surface area contributed by atoms with Gasteiger partial charge in [-0.3, -0.25) is 9.36 Å². The highest BCUT2D eigenvalue weighted by Gasteiger charge is 2.12. The van der Waals surface area contributed by atoms with Gasteiger partial charge in [0.1, 0.15) is 5.65 Å². The third-order valence-corrected chi connectivity index (χ3v) is 3.53. The number of nitrogens with zero attached hydrogens (tertiary/aromatic N) is 3. The molecule has 0 N–H and O–H groups in total. The lowest BCUT2D eigenvalue weighted by molar-refractivity contribution is 0.692. The Labute approximate surface area is 112 Å². The van der Waals surface area contributed by atoms with Crippen molar-refractivity contribution in [1.82, 2.24) is 14.1 Å². The van der Waals surface area contributed by atoms with Crippen LogP contribution in [0, 0.1) is 0 Å². The van der Waals surface area contributed by atoms with Gasteiger partial charge >= 0.3 is 5.69 Å². The molecule has 0 aliphatic heterocycles. The Morgan fingerprint density at radius 1 is 1.17 bits per heavy atom. The van der Waals surface area contributed by atoms with Gasteiger partial charge in [-0.25, -0.2) is 14.3 Å². The molecule has 18 heavy (non-hydrogen) atoms. The van der Waals surface area contributed by atoms with E-state index in [1.54, 1.807) is 18.3 Å². The molecule has 0 aliphatic rings. The summed E-state index contributed by atoms with van der Waals surface area (Å²) >= 11 is 2.96. The lowest BCUT2D eigenvalue weighted by atomic mass is 10.3. The molecule has 2 rings (SSSR count). The van der Waals surface area contributed by atoms with Crippen LogP contribution in [-0.2, 0) is 11.8 Å². The van der Waals surface area contributed by atoms with Crippen molar-refractivity contribution in [1.29, 1.82) is 0 Å². The zero-order chi connectivity index (χ0) is 13.1. The molecule has 0 bridgehead atoms. The molecule has 2 heterocycles. The zero-order valence-electron chi connectivity index (χ0n) is 10.1. The summed E-state index contributed by atoms with van der Waals surface area (Å²) < 4.78 is 2.79. The number of hydrogen-bond acceptors (Lipinski definition) is 5. The maximum absolute atomic E-state index is 12.2. The first-order chi connectivity index (χ1) is 8.70. The molecule has 0 saturated carbocycles. The second-order valence-corrected chi connectivity index (χ2v) is 5.33. The van der Waals surface area contributed by atoms with Gasteiger partial charge in [-0.1, -0.05) is 0 Å². The highest BCUT2D eigenvalue weighted by molar-refractivity contribution is 7.97. The SMILES string of the molecule is CSCn1c(=O)c2cccnc2n(CSC)c1=O. The van der Waals surface area contributed by atoms with E-state index < -0.39 is 0 Å². The average Bonchev–Trinajstić information content (AvgIpc) is 2.39. The number of thioether (sulfide) groups is 2. The molecule has 0 spiro atoms. The van der Waals surface area contributed by atoms with Gasteiger partial charge < -0.3 is 0 Å². The van der Waals surface area contributed by atoms with Crippen LogP contribution in [0.25, 0.3) is 11.0 Å². The first-order valence-corrected chi connectivity index (χ1v) is 8.05. The second-order valence-electron chi connectivity index (χ2n) is 3.65. The number of rotatable bonds is 4. The lowest BCUT2D eigenvalue weighted by Crippen LogP contribution is -2.39. The first kappa shape index (κ1) is 13.2. The lowest BCUT2D eigenvalue weighted by Gasteiger charge is -2.11. The van der Waals surface area contributed by atoms with Crippen molar-refractivity contribution in [3.63, 3.8) is 0 Å². The number of aromatic nitrogens is 3. The largest absolute Gasteiger partial charge is 0.334 e. The molecule has 7 heteroatoms. The second kappa shape index (κ2) is 5.62. The van der Waals surface area contributed by atoms with Crippen molar-refractivity contribution in [3.8, 4) is 0 Å². The van der Waals surface area contributed by atoms with E-state index in [0.717, 1.165) is 0 Å². The highest BCUT2D eigenvalue weighted by Crippen LogP contribution is 2.07. The average molecular weight is 283 g/mol.